The second kappa shape index (κ2) is 7.35. The molecule has 10 heteroatoms. The molecule has 0 radical (unpaired) electrons. The third kappa shape index (κ3) is 4.31. The fraction of sp³-hybridized carbons (Fsp3) is 0.471. The molecule has 3 rings (SSSR count). The van der Waals surface area contributed by atoms with Gasteiger partial charge in [0.05, 0.1) is 4.90 Å². The SMILES string of the molecule is CC1CC(C)CN(c2sc(S(C)(=O)=O)nc2S(=O)(=O)c2ccc(Cl)cc2)C1. The number of benzene rings is 1. The number of halogens is 1. The van der Waals surface area contributed by atoms with Crippen LogP contribution in [0.1, 0.15) is 20.3 Å². The van der Waals surface area contributed by atoms with Crippen LogP contribution in [0.25, 0.3) is 0 Å². The van der Waals surface area contributed by atoms with Crippen molar-refractivity contribution in [2.75, 3.05) is 24.2 Å². The Balaban J connectivity index is 2.16. The van der Waals surface area contributed by atoms with Gasteiger partial charge >= 0.3 is 0 Å². The molecule has 148 valence electrons. The Morgan fingerprint density at radius 1 is 1.07 bits per heavy atom. The number of anilines is 1. The first-order valence-corrected chi connectivity index (χ1v) is 13.0. The summed E-state index contributed by atoms with van der Waals surface area (Å²) < 4.78 is 50.3. The van der Waals surface area contributed by atoms with Gasteiger partial charge in [-0.05, 0) is 42.5 Å². The molecular weight excluding hydrogens is 428 g/mol. The summed E-state index contributed by atoms with van der Waals surface area (Å²) in [6.45, 7) is 5.54. The zero-order valence-corrected chi connectivity index (χ0v) is 18.4. The number of hydrogen-bond donors (Lipinski definition) is 0. The second-order valence-electron chi connectivity index (χ2n) is 7.17. The Labute approximate surface area is 169 Å². The van der Waals surface area contributed by atoms with Gasteiger partial charge in [0.1, 0.15) is 5.00 Å². The van der Waals surface area contributed by atoms with Crippen molar-refractivity contribution in [3.63, 3.8) is 0 Å². The lowest BCUT2D eigenvalue weighted by Gasteiger charge is -2.35. The van der Waals surface area contributed by atoms with Gasteiger partial charge in [-0.15, -0.1) is 0 Å². The number of aromatic nitrogens is 1. The van der Waals surface area contributed by atoms with E-state index in [9.17, 15) is 16.8 Å². The Morgan fingerprint density at radius 3 is 2.15 bits per heavy atom. The molecule has 0 amide bonds. The first-order valence-electron chi connectivity index (χ1n) is 8.45. The number of thiazole rings is 1. The van der Waals surface area contributed by atoms with E-state index < -0.39 is 19.7 Å². The zero-order valence-electron chi connectivity index (χ0n) is 15.2. The molecule has 6 nitrogen and oxygen atoms in total. The van der Waals surface area contributed by atoms with Gasteiger partial charge in [0, 0.05) is 24.4 Å². The summed E-state index contributed by atoms with van der Waals surface area (Å²) in [7, 11) is -7.60. The van der Waals surface area contributed by atoms with E-state index in [0.717, 1.165) is 24.0 Å². The summed E-state index contributed by atoms with van der Waals surface area (Å²) in [6, 6.07) is 5.79. The topological polar surface area (TPSA) is 84.4 Å². The predicted octanol–water partition coefficient (Wildman–Crippen LogP) is 3.52. The molecule has 2 unspecified atom stereocenters. The predicted molar refractivity (Wildman–Crippen MR) is 107 cm³/mol. The second-order valence-corrected chi connectivity index (χ2v) is 12.6. The summed E-state index contributed by atoms with van der Waals surface area (Å²) >= 11 is 6.78. The molecule has 2 atom stereocenters. The lowest BCUT2D eigenvalue weighted by atomic mass is 9.92. The molecule has 27 heavy (non-hydrogen) atoms. The molecule has 1 aliphatic heterocycles. The normalized spacial score (nSPS) is 21.4. The van der Waals surface area contributed by atoms with Gasteiger partial charge in [0.15, 0.2) is 5.03 Å². The average molecular weight is 449 g/mol. The van der Waals surface area contributed by atoms with Crippen LogP contribution in [-0.2, 0) is 19.7 Å². The minimum absolute atomic E-state index is 0.0385. The Morgan fingerprint density at radius 2 is 1.63 bits per heavy atom. The Kier molecular flexibility index (Phi) is 5.60. The molecule has 2 aromatic rings. The lowest BCUT2D eigenvalue weighted by molar-refractivity contribution is 0.357. The fourth-order valence-electron chi connectivity index (χ4n) is 3.37. The molecule has 1 saturated heterocycles. The van der Waals surface area contributed by atoms with Crippen molar-refractivity contribution in [3.05, 3.63) is 29.3 Å². The van der Waals surface area contributed by atoms with Crippen molar-refractivity contribution in [2.45, 2.75) is 34.5 Å². The van der Waals surface area contributed by atoms with Crippen LogP contribution < -0.4 is 4.90 Å². The van der Waals surface area contributed by atoms with Gasteiger partial charge in [-0.3, -0.25) is 0 Å². The van der Waals surface area contributed by atoms with E-state index in [-0.39, 0.29) is 14.3 Å². The molecule has 1 aromatic heterocycles. The monoisotopic (exact) mass is 448 g/mol. The summed E-state index contributed by atoms with van der Waals surface area (Å²) in [6.07, 6.45) is 2.09. The van der Waals surface area contributed by atoms with E-state index in [4.69, 9.17) is 11.6 Å². The van der Waals surface area contributed by atoms with Crippen LogP contribution in [0.3, 0.4) is 0 Å². The standard InChI is InChI=1S/C17H21ClN2O4S3/c1-11-8-12(2)10-20(9-11)16-15(19-17(25-16)26(3,21)22)27(23,24)14-6-4-13(18)5-7-14/h4-7,11-12H,8-10H2,1-3H3. The van der Waals surface area contributed by atoms with Gasteiger partial charge < -0.3 is 4.90 Å². The highest BCUT2D eigenvalue weighted by Gasteiger charge is 2.34. The molecule has 1 aromatic carbocycles. The van der Waals surface area contributed by atoms with Gasteiger partial charge in [0.2, 0.25) is 24.0 Å². The molecule has 1 fully saturated rings. The smallest absolute Gasteiger partial charge is 0.226 e. The number of piperidine rings is 1. The third-order valence-electron chi connectivity index (χ3n) is 4.41. The van der Waals surface area contributed by atoms with E-state index in [0.29, 0.717) is 34.9 Å². The number of hydrogen-bond acceptors (Lipinski definition) is 7. The number of nitrogens with zero attached hydrogens (tertiary/aromatic N) is 2. The van der Waals surface area contributed by atoms with E-state index in [1.807, 2.05) is 4.90 Å². The summed E-state index contributed by atoms with van der Waals surface area (Å²) in [4.78, 5) is 6.04. The van der Waals surface area contributed by atoms with Crippen molar-refractivity contribution in [1.29, 1.82) is 0 Å². The zero-order chi connectivity index (χ0) is 20.0. The first-order chi connectivity index (χ1) is 12.5. The van der Waals surface area contributed by atoms with E-state index in [2.05, 4.69) is 18.8 Å². The van der Waals surface area contributed by atoms with Gasteiger partial charge in [-0.25, -0.2) is 21.8 Å². The van der Waals surface area contributed by atoms with Crippen molar-refractivity contribution in [2.24, 2.45) is 11.8 Å². The maximum absolute atomic E-state index is 13.2. The van der Waals surface area contributed by atoms with Crippen molar-refractivity contribution >= 4 is 47.6 Å². The Bertz CT molecular complexity index is 1040. The van der Waals surface area contributed by atoms with Crippen LogP contribution in [0.5, 0.6) is 0 Å². The van der Waals surface area contributed by atoms with E-state index in [1.165, 1.54) is 24.3 Å². The highest BCUT2D eigenvalue weighted by atomic mass is 35.5. The van der Waals surface area contributed by atoms with Crippen LogP contribution in [0, 0.1) is 11.8 Å². The quantitative estimate of drug-likeness (QED) is 0.711. The third-order valence-corrected chi connectivity index (χ3v) is 9.27. The molecular formula is C17H21ClN2O4S3. The molecule has 0 spiro atoms. The van der Waals surface area contributed by atoms with Crippen LogP contribution in [-0.4, -0.2) is 41.2 Å². The number of rotatable bonds is 4. The highest BCUT2D eigenvalue weighted by molar-refractivity contribution is 7.93. The molecule has 0 saturated carbocycles. The van der Waals surface area contributed by atoms with Gasteiger partial charge in [-0.2, -0.15) is 0 Å². The molecule has 0 aliphatic carbocycles. The fourth-order valence-corrected chi connectivity index (χ4v) is 7.16. The summed E-state index contributed by atoms with van der Waals surface area (Å²) in [5, 5.41) is 0.614. The molecule has 0 bridgehead atoms. The maximum Gasteiger partial charge on any atom is 0.226 e. The number of sulfone groups is 2. The van der Waals surface area contributed by atoms with Crippen molar-refractivity contribution in [1.82, 2.24) is 4.98 Å². The molecule has 1 aliphatic rings. The van der Waals surface area contributed by atoms with E-state index >= 15 is 0 Å². The molecule has 0 N–H and O–H groups in total. The first kappa shape index (κ1) is 20.6. The Hall–Kier alpha value is -1.16. The van der Waals surface area contributed by atoms with Crippen LogP contribution in [0.4, 0.5) is 5.00 Å². The minimum Gasteiger partial charge on any atom is -0.360 e. The lowest BCUT2D eigenvalue weighted by Crippen LogP contribution is -2.38. The minimum atomic E-state index is -3.98. The summed E-state index contributed by atoms with van der Waals surface area (Å²) in [5.74, 6) is 0.757. The van der Waals surface area contributed by atoms with Gasteiger partial charge in [0.25, 0.3) is 0 Å². The molecule has 2 heterocycles. The van der Waals surface area contributed by atoms with Crippen molar-refractivity contribution < 1.29 is 16.8 Å². The van der Waals surface area contributed by atoms with Crippen molar-refractivity contribution in [3.8, 4) is 0 Å². The largest absolute Gasteiger partial charge is 0.360 e. The van der Waals surface area contributed by atoms with Gasteiger partial charge in [-0.1, -0.05) is 36.8 Å². The van der Waals surface area contributed by atoms with Crippen LogP contribution in [0.2, 0.25) is 5.02 Å². The maximum atomic E-state index is 13.2. The van der Waals surface area contributed by atoms with E-state index in [1.54, 1.807) is 0 Å². The average Bonchev–Trinajstić information content (AvgIpc) is 3.00. The van der Waals surface area contributed by atoms with Crippen LogP contribution in [0.15, 0.2) is 38.5 Å². The van der Waals surface area contributed by atoms with Crippen LogP contribution >= 0.6 is 22.9 Å². The highest BCUT2D eigenvalue weighted by Crippen LogP contribution is 2.39. The summed E-state index contributed by atoms with van der Waals surface area (Å²) in [5.41, 5.74) is 0.